The van der Waals surface area contributed by atoms with Crippen LogP contribution < -0.4 is 0 Å². The second-order valence-corrected chi connectivity index (χ2v) is 4.99. The van der Waals surface area contributed by atoms with E-state index in [1.807, 2.05) is 24.0 Å². The van der Waals surface area contributed by atoms with Crippen LogP contribution in [0.5, 0.6) is 0 Å². The number of methoxy groups -OCH3 is 1. The molecule has 1 heterocycles. The lowest BCUT2D eigenvalue weighted by molar-refractivity contribution is -0.138. The molecule has 0 N–H and O–H groups in total. The summed E-state index contributed by atoms with van der Waals surface area (Å²) >= 11 is 0. The molecule has 4 nitrogen and oxygen atoms in total. The molecule has 1 aromatic carbocycles. The first-order chi connectivity index (χ1) is 9.11. The van der Waals surface area contributed by atoms with Crippen LogP contribution in [0.1, 0.15) is 35.7 Å². The number of nitrogens with zero attached hydrogens (tertiary/aromatic N) is 1. The van der Waals surface area contributed by atoms with Gasteiger partial charge in [-0.3, -0.25) is 4.79 Å². The molecular weight excluding hydrogens is 242 g/mol. The zero-order valence-electron chi connectivity index (χ0n) is 11.4. The molecule has 0 saturated carbocycles. The fraction of sp³-hybridized carbons (Fsp3) is 0.467. The van der Waals surface area contributed by atoms with Crippen molar-refractivity contribution < 1.29 is 14.3 Å². The predicted molar refractivity (Wildman–Crippen MR) is 71.6 cm³/mol. The van der Waals surface area contributed by atoms with Crippen LogP contribution in [0.15, 0.2) is 24.3 Å². The largest absolute Gasteiger partial charge is 0.465 e. The highest BCUT2D eigenvalue weighted by atomic mass is 16.5. The summed E-state index contributed by atoms with van der Waals surface area (Å²) in [5, 5.41) is 0. The third-order valence-corrected chi connectivity index (χ3v) is 3.55. The first-order valence-electron chi connectivity index (χ1n) is 6.58. The Kier molecular flexibility index (Phi) is 4.20. The van der Waals surface area contributed by atoms with Crippen molar-refractivity contribution in [2.75, 3.05) is 13.7 Å². The van der Waals surface area contributed by atoms with E-state index in [1.165, 1.54) is 7.11 Å². The molecule has 19 heavy (non-hydrogen) atoms. The molecule has 102 valence electrons. The minimum Gasteiger partial charge on any atom is -0.465 e. The molecule has 1 fully saturated rings. The first-order valence-corrected chi connectivity index (χ1v) is 6.58. The van der Waals surface area contributed by atoms with E-state index in [4.69, 9.17) is 0 Å². The average Bonchev–Trinajstić information content (AvgIpc) is 2.44. The summed E-state index contributed by atoms with van der Waals surface area (Å²) in [5.41, 5.74) is 1.57. The highest BCUT2D eigenvalue weighted by molar-refractivity contribution is 5.89. The van der Waals surface area contributed by atoms with Crippen LogP contribution in [0, 0.1) is 5.92 Å². The van der Waals surface area contributed by atoms with E-state index in [9.17, 15) is 9.59 Å². The average molecular weight is 261 g/mol. The Bertz CT molecular complexity index is 467. The van der Waals surface area contributed by atoms with Gasteiger partial charge in [0.05, 0.1) is 12.7 Å². The van der Waals surface area contributed by atoms with Gasteiger partial charge >= 0.3 is 5.97 Å². The van der Waals surface area contributed by atoms with Crippen molar-refractivity contribution in [3.05, 3.63) is 35.4 Å². The molecule has 1 saturated heterocycles. The molecule has 0 bridgehead atoms. The van der Waals surface area contributed by atoms with E-state index in [1.54, 1.807) is 12.1 Å². The molecule has 1 amide bonds. The Morgan fingerprint density at radius 2 is 2.05 bits per heavy atom. The van der Waals surface area contributed by atoms with Crippen molar-refractivity contribution in [3.8, 4) is 0 Å². The Morgan fingerprint density at radius 3 is 2.68 bits per heavy atom. The number of likely N-dealkylation sites (tertiary alicyclic amines) is 1. The van der Waals surface area contributed by atoms with Crippen molar-refractivity contribution in [1.29, 1.82) is 0 Å². The van der Waals surface area contributed by atoms with Gasteiger partial charge < -0.3 is 9.64 Å². The van der Waals surface area contributed by atoms with Gasteiger partial charge in [0.1, 0.15) is 0 Å². The minimum atomic E-state index is -0.339. The second kappa shape index (κ2) is 5.87. The highest BCUT2D eigenvalue weighted by Crippen LogP contribution is 2.19. The molecule has 0 radical (unpaired) electrons. The number of ether oxygens (including phenoxy) is 1. The maximum absolute atomic E-state index is 12.0. The fourth-order valence-corrected chi connectivity index (χ4v) is 2.38. The van der Waals surface area contributed by atoms with E-state index < -0.39 is 0 Å². The van der Waals surface area contributed by atoms with Crippen LogP contribution in [0.3, 0.4) is 0 Å². The van der Waals surface area contributed by atoms with E-state index in [0.29, 0.717) is 12.1 Å². The number of esters is 1. The Balaban J connectivity index is 2.03. The topological polar surface area (TPSA) is 46.6 Å². The summed E-state index contributed by atoms with van der Waals surface area (Å²) in [6.07, 6.45) is 2.05. The molecule has 1 atom stereocenters. The number of benzene rings is 1. The molecule has 2 rings (SSSR count). The van der Waals surface area contributed by atoms with Crippen molar-refractivity contribution in [1.82, 2.24) is 4.90 Å². The van der Waals surface area contributed by atoms with E-state index in [2.05, 4.69) is 4.74 Å². The summed E-state index contributed by atoms with van der Waals surface area (Å²) in [5.74, 6) is 0.0145. The molecule has 0 aromatic heterocycles. The molecule has 1 unspecified atom stereocenters. The molecule has 1 aromatic rings. The third kappa shape index (κ3) is 3.13. The summed E-state index contributed by atoms with van der Waals surface area (Å²) < 4.78 is 4.65. The van der Waals surface area contributed by atoms with Crippen molar-refractivity contribution in [2.24, 2.45) is 5.92 Å². The lowest BCUT2D eigenvalue weighted by Gasteiger charge is -2.30. The number of carbonyl (C=O) groups excluding carboxylic acids is 2. The standard InChI is InChI=1S/C15H19NO3/c1-11-4-3-9-16(14(11)17)10-12-5-7-13(8-6-12)15(18)19-2/h5-8,11H,3-4,9-10H2,1-2H3. The van der Waals surface area contributed by atoms with Gasteiger partial charge in [0.15, 0.2) is 0 Å². The van der Waals surface area contributed by atoms with Crippen LogP contribution in [0.4, 0.5) is 0 Å². The zero-order valence-corrected chi connectivity index (χ0v) is 11.4. The van der Waals surface area contributed by atoms with E-state index in [0.717, 1.165) is 24.9 Å². The molecule has 0 spiro atoms. The lowest BCUT2D eigenvalue weighted by Crippen LogP contribution is -2.39. The predicted octanol–water partition coefficient (Wildman–Crippen LogP) is 2.23. The van der Waals surface area contributed by atoms with Gasteiger partial charge in [-0.1, -0.05) is 19.1 Å². The number of carbonyl (C=O) groups is 2. The van der Waals surface area contributed by atoms with Gasteiger partial charge in [-0.2, -0.15) is 0 Å². The first kappa shape index (κ1) is 13.6. The third-order valence-electron chi connectivity index (χ3n) is 3.55. The summed E-state index contributed by atoms with van der Waals surface area (Å²) in [6, 6.07) is 7.22. The van der Waals surface area contributed by atoms with Gasteiger partial charge in [-0.05, 0) is 30.5 Å². The van der Waals surface area contributed by atoms with Crippen LogP contribution in [-0.2, 0) is 16.1 Å². The van der Waals surface area contributed by atoms with Crippen LogP contribution in [-0.4, -0.2) is 30.4 Å². The van der Waals surface area contributed by atoms with Gasteiger partial charge in [0, 0.05) is 19.0 Å². The highest BCUT2D eigenvalue weighted by Gasteiger charge is 2.24. The van der Waals surface area contributed by atoms with Crippen molar-refractivity contribution >= 4 is 11.9 Å². The number of rotatable bonds is 3. The molecule has 1 aliphatic heterocycles. The Morgan fingerprint density at radius 1 is 1.37 bits per heavy atom. The van der Waals surface area contributed by atoms with E-state index >= 15 is 0 Å². The summed E-state index contributed by atoms with van der Waals surface area (Å²) in [7, 11) is 1.37. The second-order valence-electron chi connectivity index (χ2n) is 4.99. The molecule has 4 heteroatoms. The van der Waals surface area contributed by atoms with Crippen molar-refractivity contribution in [3.63, 3.8) is 0 Å². The number of hydrogen-bond acceptors (Lipinski definition) is 3. The summed E-state index contributed by atoms with van der Waals surface area (Å²) in [4.78, 5) is 25.2. The van der Waals surface area contributed by atoms with E-state index in [-0.39, 0.29) is 17.8 Å². The van der Waals surface area contributed by atoms with Gasteiger partial charge in [-0.25, -0.2) is 4.79 Å². The summed E-state index contributed by atoms with van der Waals surface area (Å²) in [6.45, 7) is 3.42. The number of piperidine rings is 1. The Labute approximate surface area is 113 Å². The molecule has 1 aliphatic rings. The quantitative estimate of drug-likeness (QED) is 0.784. The minimum absolute atomic E-state index is 0.128. The monoisotopic (exact) mass is 261 g/mol. The number of amides is 1. The smallest absolute Gasteiger partial charge is 0.337 e. The SMILES string of the molecule is COC(=O)c1ccc(CN2CCCC(C)C2=O)cc1. The van der Waals surface area contributed by atoms with Crippen LogP contribution >= 0.6 is 0 Å². The lowest BCUT2D eigenvalue weighted by atomic mass is 9.98. The molecular formula is C15H19NO3. The van der Waals surface area contributed by atoms with Gasteiger partial charge in [0.25, 0.3) is 0 Å². The normalized spacial score (nSPS) is 19.4. The van der Waals surface area contributed by atoms with Gasteiger partial charge in [0.2, 0.25) is 5.91 Å². The maximum Gasteiger partial charge on any atom is 0.337 e. The van der Waals surface area contributed by atoms with Crippen LogP contribution in [0.25, 0.3) is 0 Å². The van der Waals surface area contributed by atoms with Gasteiger partial charge in [-0.15, -0.1) is 0 Å². The number of hydrogen-bond donors (Lipinski definition) is 0. The maximum atomic E-state index is 12.0. The molecule has 0 aliphatic carbocycles. The fourth-order valence-electron chi connectivity index (χ4n) is 2.38. The Hall–Kier alpha value is -1.84. The van der Waals surface area contributed by atoms with Crippen molar-refractivity contribution in [2.45, 2.75) is 26.3 Å². The zero-order chi connectivity index (χ0) is 13.8. The van der Waals surface area contributed by atoms with Crippen LogP contribution in [0.2, 0.25) is 0 Å².